The number of nitrogens with one attached hydrogen (secondary N) is 1. The molecule has 0 saturated heterocycles. The quantitative estimate of drug-likeness (QED) is 0.250. The van der Waals surface area contributed by atoms with Gasteiger partial charge in [-0.25, -0.2) is 0 Å². The molecule has 4 rings (SSSR count). The van der Waals surface area contributed by atoms with Crippen molar-refractivity contribution >= 4 is 33.6 Å². The van der Waals surface area contributed by atoms with Crippen molar-refractivity contribution in [2.45, 2.75) is 23.6 Å². The fraction of sp³-hybridized carbons (Fsp3) is 0.160. The van der Waals surface area contributed by atoms with Crippen LogP contribution in [0.25, 0.3) is 5.69 Å². The van der Waals surface area contributed by atoms with E-state index < -0.39 is 11.7 Å². The van der Waals surface area contributed by atoms with E-state index in [2.05, 4.69) is 31.4 Å². The van der Waals surface area contributed by atoms with E-state index >= 15 is 0 Å². The summed E-state index contributed by atoms with van der Waals surface area (Å²) in [5, 5.41) is 11.7. The largest absolute Gasteiger partial charge is 0.497 e. The Morgan fingerprint density at radius 3 is 2.28 bits per heavy atom. The van der Waals surface area contributed by atoms with Crippen molar-refractivity contribution in [3.63, 3.8) is 0 Å². The number of benzene rings is 3. The van der Waals surface area contributed by atoms with Gasteiger partial charge in [-0.05, 0) is 66.2 Å². The lowest BCUT2D eigenvalue weighted by Gasteiger charge is -2.13. The van der Waals surface area contributed by atoms with E-state index in [1.54, 1.807) is 28.8 Å². The van der Waals surface area contributed by atoms with E-state index in [1.165, 1.54) is 31.0 Å². The minimum absolute atomic E-state index is 0.0255. The molecular formula is C25H20BrF3N4O2S. The van der Waals surface area contributed by atoms with Gasteiger partial charge in [0.1, 0.15) is 5.75 Å². The van der Waals surface area contributed by atoms with Gasteiger partial charge in [0.15, 0.2) is 11.0 Å². The standard InChI is InChI=1S/C25H20BrF3N4O2S/c1-35-21-12-4-17(5-13-21)23(34)30-14-22-31-32-24(36-15-16-2-8-19(26)9-3-16)33(22)20-10-6-18(7-11-20)25(27,28)29/h2-13H,14-15H2,1H3,(H,30,34). The van der Waals surface area contributed by atoms with Crippen LogP contribution in [0.2, 0.25) is 0 Å². The van der Waals surface area contributed by atoms with Gasteiger partial charge in [0.25, 0.3) is 5.91 Å². The molecule has 1 aromatic heterocycles. The number of hydrogen-bond donors (Lipinski definition) is 1. The second-order valence-corrected chi connectivity index (χ2v) is 9.46. The molecule has 1 amide bonds. The molecule has 1 N–H and O–H groups in total. The number of carbonyl (C=O) groups is 1. The highest BCUT2D eigenvalue weighted by Gasteiger charge is 2.30. The van der Waals surface area contributed by atoms with Crippen LogP contribution < -0.4 is 10.1 Å². The summed E-state index contributed by atoms with van der Waals surface area (Å²) in [6, 6.07) is 19.2. The maximum atomic E-state index is 13.1. The van der Waals surface area contributed by atoms with Crippen molar-refractivity contribution in [3.8, 4) is 11.4 Å². The van der Waals surface area contributed by atoms with Crippen molar-refractivity contribution in [1.29, 1.82) is 0 Å². The lowest BCUT2D eigenvalue weighted by molar-refractivity contribution is -0.137. The van der Waals surface area contributed by atoms with Crippen LogP contribution in [-0.2, 0) is 18.5 Å². The number of thioether (sulfide) groups is 1. The Kier molecular flexibility index (Phi) is 8.00. The minimum Gasteiger partial charge on any atom is -0.497 e. The second kappa shape index (κ2) is 11.2. The Morgan fingerprint density at radius 1 is 1.00 bits per heavy atom. The molecule has 186 valence electrons. The molecule has 0 aliphatic carbocycles. The molecule has 4 aromatic rings. The highest BCUT2D eigenvalue weighted by atomic mass is 79.9. The third-order valence-corrected chi connectivity index (χ3v) is 6.72. The number of aromatic nitrogens is 3. The second-order valence-electron chi connectivity index (χ2n) is 7.61. The molecular weight excluding hydrogens is 557 g/mol. The monoisotopic (exact) mass is 576 g/mol. The number of hydrogen-bond acceptors (Lipinski definition) is 5. The number of amides is 1. The molecule has 0 aliphatic rings. The number of ether oxygens (including phenoxy) is 1. The van der Waals surface area contributed by atoms with Crippen LogP contribution in [0.15, 0.2) is 82.4 Å². The Hall–Kier alpha value is -3.31. The summed E-state index contributed by atoms with van der Waals surface area (Å²) in [7, 11) is 1.54. The van der Waals surface area contributed by atoms with Crippen molar-refractivity contribution in [2.75, 3.05) is 7.11 Å². The van der Waals surface area contributed by atoms with Crippen molar-refractivity contribution in [3.05, 3.63) is 99.8 Å². The summed E-state index contributed by atoms with van der Waals surface area (Å²) < 4.78 is 47.0. The lowest BCUT2D eigenvalue weighted by Crippen LogP contribution is -2.24. The number of carbonyl (C=O) groups excluding carboxylic acids is 1. The van der Waals surface area contributed by atoms with E-state index in [1.807, 2.05) is 24.3 Å². The molecule has 0 unspecified atom stereocenters. The third kappa shape index (κ3) is 6.27. The van der Waals surface area contributed by atoms with Crippen LogP contribution >= 0.6 is 27.7 Å². The van der Waals surface area contributed by atoms with Crippen molar-refractivity contribution < 1.29 is 22.7 Å². The SMILES string of the molecule is COc1ccc(C(=O)NCc2nnc(SCc3ccc(Br)cc3)n2-c2ccc(C(F)(F)F)cc2)cc1. The Morgan fingerprint density at radius 2 is 1.67 bits per heavy atom. The smallest absolute Gasteiger partial charge is 0.416 e. The predicted molar refractivity (Wildman–Crippen MR) is 134 cm³/mol. The summed E-state index contributed by atoms with van der Waals surface area (Å²) in [4.78, 5) is 12.6. The molecule has 1 heterocycles. The van der Waals surface area contributed by atoms with Gasteiger partial charge in [-0.2, -0.15) is 13.2 Å². The highest BCUT2D eigenvalue weighted by molar-refractivity contribution is 9.10. The first-order chi connectivity index (χ1) is 17.2. The molecule has 0 saturated carbocycles. The molecule has 0 radical (unpaired) electrons. The number of rotatable bonds is 8. The topological polar surface area (TPSA) is 69.0 Å². The van der Waals surface area contributed by atoms with E-state index in [0.717, 1.165) is 22.2 Å². The van der Waals surface area contributed by atoms with Crippen molar-refractivity contribution in [1.82, 2.24) is 20.1 Å². The van der Waals surface area contributed by atoms with Crippen LogP contribution in [-0.4, -0.2) is 27.8 Å². The third-order valence-electron chi connectivity index (χ3n) is 5.19. The fourth-order valence-electron chi connectivity index (χ4n) is 3.30. The Labute approximate surface area is 218 Å². The zero-order chi connectivity index (χ0) is 25.7. The summed E-state index contributed by atoms with van der Waals surface area (Å²) >= 11 is 4.80. The van der Waals surface area contributed by atoms with Crippen LogP contribution in [0.4, 0.5) is 13.2 Å². The fourth-order valence-corrected chi connectivity index (χ4v) is 4.49. The summed E-state index contributed by atoms with van der Waals surface area (Å²) in [5.41, 5.74) is 1.18. The molecule has 36 heavy (non-hydrogen) atoms. The minimum atomic E-state index is -4.44. The number of halogens is 4. The molecule has 0 aliphatic heterocycles. The van der Waals surface area contributed by atoms with Gasteiger partial charge in [-0.1, -0.05) is 39.8 Å². The Bertz CT molecular complexity index is 1330. The van der Waals surface area contributed by atoms with Gasteiger partial charge in [-0.3, -0.25) is 9.36 Å². The van der Waals surface area contributed by atoms with Gasteiger partial charge >= 0.3 is 6.18 Å². The molecule has 0 spiro atoms. The van der Waals surface area contributed by atoms with Crippen LogP contribution in [0.3, 0.4) is 0 Å². The normalized spacial score (nSPS) is 11.4. The van der Waals surface area contributed by atoms with Crippen LogP contribution in [0, 0.1) is 0 Å². The maximum absolute atomic E-state index is 13.1. The average molecular weight is 577 g/mol. The Balaban J connectivity index is 1.58. The molecule has 6 nitrogen and oxygen atoms in total. The first kappa shape index (κ1) is 25.8. The first-order valence-electron chi connectivity index (χ1n) is 10.7. The van der Waals surface area contributed by atoms with Gasteiger partial charge in [-0.15, -0.1) is 10.2 Å². The van der Waals surface area contributed by atoms with E-state index in [4.69, 9.17) is 4.74 Å². The zero-order valence-corrected chi connectivity index (χ0v) is 21.3. The molecule has 3 aromatic carbocycles. The number of nitrogens with zero attached hydrogens (tertiary/aromatic N) is 3. The van der Waals surface area contributed by atoms with E-state index in [9.17, 15) is 18.0 Å². The molecule has 0 bridgehead atoms. The first-order valence-corrected chi connectivity index (χ1v) is 12.4. The zero-order valence-electron chi connectivity index (χ0n) is 18.9. The maximum Gasteiger partial charge on any atom is 0.416 e. The summed E-state index contributed by atoms with van der Waals surface area (Å²) in [6.07, 6.45) is -4.44. The lowest BCUT2D eigenvalue weighted by atomic mass is 10.2. The highest BCUT2D eigenvalue weighted by Crippen LogP contribution is 2.31. The van der Waals surface area contributed by atoms with Gasteiger partial charge in [0.05, 0.1) is 19.2 Å². The molecule has 0 fully saturated rings. The van der Waals surface area contributed by atoms with Gasteiger partial charge in [0, 0.05) is 21.5 Å². The van der Waals surface area contributed by atoms with Crippen LogP contribution in [0.1, 0.15) is 27.3 Å². The average Bonchev–Trinajstić information content (AvgIpc) is 3.29. The molecule has 0 atom stereocenters. The summed E-state index contributed by atoms with van der Waals surface area (Å²) in [6.45, 7) is 0.0255. The van der Waals surface area contributed by atoms with Gasteiger partial charge in [0.2, 0.25) is 0 Å². The van der Waals surface area contributed by atoms with Crippen molar-refractivity contribution in [2.24, 2.45) is 0 Å². The van der Waals surface area contributed by atoms with Crippen LogP contribution in [0.5, 0.6) is 5.75 Å². The predicted octanol–water partition coefficient (Wildman–Crippen LogP) is 6.28. The van der Waals surface area contributed by atoms with E-state index in [-0.39, 0.29) is 12.5 Å². The molecule has 11 heteroatoms. The van der Waals surface area contributed by atoms with E-state index in [0.29, 0.717) is 33.7 Å². The number of methoxy groups -OCH3 is 1. The van der Waals surface area contributed by atoms with Gasteiger partial charge < -0.3 is 10.1 Å². The summed E-state index contributed by atoms with van der Waals surface area (Å²) in [5.74, 6) is 1.25. The number of alkyl halides is 3.